The van der Waals surface area contributed by atoms with Gasteiger partial charge in [-0.15, -0.1) is 0 Å². The molecular weight excluding hydrogens is 128 g/mol. The van der Waals surface area contributed by atoms with E-state index in [4.69, 9.17) is 6.58 Å². The van der Waals surface area contributed by atoms with Crippen LogP contribution in [-0.4, -0.2) is 0 Å². The van der Waals surface area contributed by atoms with Gasteiger partial charge in [-0.2, -0.15) is 0 Å². The average molecular weight is 132 g/mol. The summed E-state index contributed by atoms with van der Waals surface area (Å²) in [6, 6.07) is 0. The number of rotatable bonds is 1. The lowest BCUT2D eigenvalue weighted by Gasteiger charge is -1.68. The van der Waals surface area contributed by atoms with E-state index in [2.05, 4.69) is 22.5 Å². The number of hydrogen-bond acceptors (Lipinski definition) is 0. The molecule has 5 heavy (non-hydrogen) atoms. The maximum atomic E-state index is 4.90. The van der Waals surface area contributed by atoms with E-state index in [1.807, 2.05) is 0 Å². The molecule has 0 atom stereocenters. The van der Waals surface area contributed by atoms with E-state index in [1.54, 1.807) is 0 Å². The third kappa shape index (κ3) is 3.96. The van der Waals surface area contributed by atoms with Crippen LogP contribution in [0.4, 0.5) is 0 Å². The standard InChI is InChI=1S/C4H4Br/c1-3-4(2)5/h1,3H,2H2. The van der Waals surface area contributed by atoms with Gasteiger partial charge in [-0.1, -0.05) is 29.1 Å². The second kappa shape index (κ2) is 2.21. The Morgan fingerprint density at radius 2 is 2.20 bits per heavy atom. The minimum absolute atomic E-state index is 0.720. The van der Waals surface area contributed by atoms with Crippen LogP contribution in [0.2, 0.25) is 0 Å². The molecule has 1 radical (unpaired) electrons. The molecule has 0 fully saturated rings. The molecule has 0 saturated heterocycles. The first kappa shape index (κ1) is 4.96. The highest BCUT2D eigenvalue weighted by molar-refractivity contribution is 9.11. The number of allylic oxidation sites excluding steroid dienone is 2. The zero-order valence-corrected chi connectivity index (χ0v) is 4.33. The summed E-state index contributed by atoms with van der Waals surface area (Å²) in [5, 5.41) is 0. The highest BCUT2D eigenvalue weighted by atomic mass is 79.9. The molecule has 0 amide bonds. The molecule has 0 bridgehead atoms. The maximum Gasteiger partial charge on any atom is 0.0103 e. The van der Waals surface area contributed by atoms with Crippen molar-refractivity contribution in [1.82, 2.24) is 0 Å². The minimum Gasteiger partial charge on any atom is -0.0847 e. The third-order valence-electron chi connectivity index (χ3n) is 0.181. The summed E-state index contributed by atoms with van der Waals surface area (Å²) in [5.74, 6) is 0. The molecular formula is C4H4Br. The van der Waals surface area contributed by atoms with Crippen LogP contribution in [0.25, 0.3) is 0 Å². The summed E-state index contributed by atoms with van der Waals surface area (Å²) < 4.78 is 0.720. The van der Waals surface area contributed by atoms with E-state index in [-0.39, 0.29) is 0 Å². The quantitative estimate of drug-likeness (QED) is 0.478. The summed E-state index contributed by atoms with van der Waals surface area (Å²) in [7, 11) is 0. The Bertz CT molecular complexity index is 54.7. The van der Waals surface area contributed by atoms with Crippen molar-refractivity contribution in [3.8, 4) is 0 Å². The van der Waals surface area contributed by atoms with Gasteiger partial charge in [0.15, 0.2) is 0 Å². The number of halogens is 1. The Hall–Kier alpha value is -0.0400. The third-order valence-corrected chi connectivity index (χ3v) is 0.445. The molecule has 0 aromatic rings. The van der Waals surface area contributed by atoms with E-state index in [0.29, 0.717) is 0 Å². The molecule has 0 aromatic carbocycles. The van der Waals surface area contributed by atoms with Crippen molar-refractivity contribution in [1.29, 1.82) is 0 Å². The van der Waals surface area contributed by atoms with Crippen molar-refractivity contribution in [3.63, 3.8) is 0 Å². The van der Waals surface area contributed by atoms with Gasteiger partial charge in [0.2, 0.25) is 0 Å². The zero-order valence-electron chi connectivity index (χ0n) is 2.74. The first-order valence-electron chi connectivity index (χ1n) is 1.16. The van der Waals surface area contributed by atoms with E-state index in [9.17, 15) is 0 Å². The highest BCUT2D eigenvalue weighted by Gasteiger charge is 1.63. The fourth-order valence-electron chi connectivity index (χ4n) is 0. The van der Waals surface area contributed by atoms with E-state index in [1.165, 1.54) is 6.08 Å². The summed E-state index contributed by atoms with van der Waals surface area (Å²) in [4.78, 5) is 0. The molecule has 0 heterocycles. The minimum atomic E-state index is 0.720. The SMILES string of the molecule is [CH]=CC(=C)Br. The molecule has 0 N–H and O–H groups in total. The van der Waals surface area contributed by atoms with E-state index < -0.39 is 0 Å². The topological polar surface area (TPSA) is 0 Å². The van der Waals surface area contributed by atoms with Crippen LogP contribution in [0.15, 0.2) is 17.1 Å². The molecule has 0 saturated carbocycles. The fourth-order valence-corrected chi connectivity index (χ4v) is 0. The van der Waals surface area contributed by atoms with Crippen LogP contribution in [0, 0.1) is 6.58 Å². The van der Waals surface area contributed by atoms with E-state index in [0.717, 1.165) is 4.48 Å². The Morgan fingerprint density at radius 3 is 2.20 bits per heavy atom. The molecule has 0 aliphatic rings. The van der Waals surface area contributed by atoms with Crippen molar-refractivity contribution >= 4 is 15.9 Å². The summed E-state index contributed by atoms with van der Waals surface area (Å²) >= 11 is 3.00. The monoisotopic (exact) mass is 131 g/mol. The number of hydrogen-bond donors (Lipinski definition) is 0. The smallest absolute Gasteiger partial charge is 0.0103 e. The lowest BCUT2D eigenvalue weighted by molar-refractivity contribution is 2.06. The predicted molar refractivity (Wildman–Crippen MR) is 26.9 cm³/mol. The Balaban J connectivity index is 3.20. The summed E-state index contributed by atoms with van der Waals surface area (Å²) in [5.41, 5.74) is 0. The Kier molecular flexibility index (Phi) is 2.19. The van der Waals surface area contributed by atoms with Crippen molar-refractivity contribution in [2.24, 2.45) is 0 Å². The van der Waals surface area contributed by atoms with Gasteiger partial charge >= 0.3 is 0 Å². The second-order valence-corrected chi connectivity index (χ2v) is 1.63. The Labute approximate surface area is 40.3 Å². The maximum absolute atomic E-state index is 4.90. The van der Waals surface area contributed by atoms with Gasteiger partial charge in [0, 0.05) is 4.48 Å². The van der Waals surface area contributed by atoms with Gasteiger partial charge in [0.25, 0.3) is 0 Å². The lowest BCUT2D eigenvalue weighted by Crippen LogP contribution is -1.41. The molecule has 1 heteroatoms. The summed E-state index contributed by atoms with van der Waals surface area (Å²) in [6.45, 7) is 8.31. The summed E-state index contributed by atoms with van der Waals surface area (Å²) in [6.07, 6.45) is 1.39. The van der Waals surface area contributed by atoms with Crippen LogP contribution in [-0.2, 0) is 0 Å². The van der Waals surface area contributed by atoms with Crippen LogP contribution in [0.5, 0.6) is 0 Å². The molecule has 0 aromatic heterocycles. The molecule has 0 spiro atoms. The van der Waals surface area contributed by atoms with Gasteiger partial charge < -0.3 is 0 Å². The average Bonchev–Trinajstić information content (AvgIpc) is 1.38. The molecule has 0 aliphatic heterocycles. The van der Waals surface area contributed by atoms with E-state index >= 15 is 0 Å². The highest BCUT2D eigenvalue weighted by Crippen LogP contribution is 1.97. The molecule has 0 unspecified atom stereocenters. The first-order valence-corrected chi connectivity index (χ1v) is 1.96. The van der Waals surface area contributed by atoms with Crippen LogP contribution >= 0.6 is 15.9 Å². The largest absolute Gasteiger partial charge is 0.0847 e. The van der Waals surface area contributed by atoms with Crippen molar-refractivity contribution in [2.45, 2.75) is 0 Å². The van der Waals surface area contributed by atoms with Gasteiger partial charge in [-0.3, -0.25) is 0 Å². The molecule has 27 valence electrons. The van der Waals surface area contributed by atoms with Gasteiger partial charge in [-0.05, 0) is 6.08 Å². The molecule has 0 rings (SSSR count). The van der Waals surface area contributed by atoms with Crippen molar-refractivity contribution in [2.75, 3.05) is 0 Å². The Morgan fingerprint density at radius 1 is 2.00 bits per heavy atom. The second-order valence-electron chi connectivity index (χ2n) is 0.614. The van der Waals surface area contributed by atoms with Gasteiger partial charge in [0.1, 0.15) is 0 Å². The molecule has 0 aliphatic carbocycles. The van der Waals surface area contributed by atoms with Crippen LogP contribution in [0.3, 0.4) is 0 Å². The predicted octanol–water partition coefficient (Wildman–Crippen LogP) is 1.88. The van der Waals surface area contributed by atoms with Crippen molar-refractivity contribution in [3.05, 3.63) is 23.7 Å². The van der Waals surface area contributed by atoms with Gasteiger partial charge in [-0.25, -0.2) is 0 Å². The normalized spacial score (nSPS) is 6.60. The van der Waals surface area contributed by atoms with Gasteiger partial charge in [0.05, 0.1) is 0 Å². The first-order chi connectivity index (χ1) is 2.27. The fraction of sp³-hybridized carbons (Fsp3) is 0. The lowest BCUT2D eigenvalue weighted by atomic mass is 10.6. The molecule has 0 nitrogen and oxygen atoms in total. The zero-order chi connectivity index (χ0) is 4.28. The van der Waals surface area contributed by atoms with Crippen LogP contribution < -0.4 is 0 Å². The van der Waals surface area contributed by atoms with Crippen molar-refractivity contribution < 1.29 is 0 Å². The van der Waals surface area contributed by atoms with Crippen LogP contribution in [0.1, 0.15) is 0 Å².